The number of rotatable bonds is 6. The fourth-order valence-electron chi connectivity index (χ4n) is 3.54. The number of phenolic OH excluding ortho intramolecular Hbond substituents is 1. The summed E-state index contributed by atoms with van der Waals surface area (Å²) in [4.78, 5) is 27.0. The number of Topliss-reactive ketones (excluding diaryl/α,β-unsaturated/α-hetero) is 1. The Morgan fingerprint density at radius 2 is 1.86 bits per heavy atom. The average molecular weight is 397 g/mol. The van der Waals surface area contributed by atoms with Crippen LogP contribution in [0.3, 0.4) is 0 Å². The van der Waals surface area contributed by atoms with E-state index in [4.69, 9.17) is 9.47 Å². The van der Waals surface area contributed by atoms with Crippen LogP contribution < -0.4 is 9.47 Å². The molecule has 1 amide bonds. The highest BCUT2D eigenvalue weighted by molar-refractivity contribution is 6.46. The number of methoxy groups -OCH3 is 2. The molecule has 7 heteroatoms. The lowest BCUT2D eigenvalue weighted by molar-refractivity contribution is -0.139. The van der Waals surface area contributed by atoms with Crippen molar-refractivity contribution >= 4 is 17.4 Å². The van der Waals surface area contributed by atoms with Crippen LogP contribution >= 0.6 is 0 Å². The van der Waals surface area contributed by atoms with E-state index in [1.165, 1.54) is 31.3 Å². The molecule has 1 unspecified atom stereocenters. The summed E-state index contributed by atoms with van der Waals surface area (Å²) in [5, 5.41) is 21.0. The molecule has 7 nitrogen and oxygen atoms in total. The summed E-state index contributed by atoms with van der Waals surface area (Å²) in [6, 6.07) is 10.3. The summed E-state index contributed by atoms with van der Waals surface area (Å²) >= 11 is 0. The predicted octanol–water partition coefficient (Wildman–Crippen LogP) is 3.24. The van der Waals surface area contributed by atoms with Gasteiger partial charge in [0.25, 0.3) is 11.7 Å². The standard InChI is InChI=1S/C22H23NO6/c1-4-10-23-19(13-6-5-7-14(24)11-13)18(21(26)22(23)27)20(25)16-12-15(28-2)8-9-17(16)29-3/h5-9,11-12,19,24-25H,4,10H2,1-3H3/b20-18+. The van der Waals surface area contributed by atoms with Crippen LogP contribution in [-0.4, -0.2) is 47.6 Å². The molecular weight excluding hydrogens is 374 g/mol. The number of aliphatic hydroxyl groups is 1. The Labute approximate surface area is 168 Å². The van der Waals surface area contributed by atoms with Crippen molar-refractivity contribution in [3.05, 3.63) is 59.2 Å². The normalized spacial score (nSPS) is 18.2. The van der Waals surface area contributed by atoms with Gasteiger partial charge in [-0.15, -0.1) is 0 Å². The SMILES string of the molecule is CCCN1C(=O)C(=O)/C(=C(/O)c2cc(OC)ccc2OC)C1c1cccc(O)c1. The van der Waals surface area contributed by atoms with E-state index in [0.29, 0.717) is 30.0 Å². The van der Waals surface area contributed by atoms with Gasteiger partial charge in [0.15, 0.2) is 0 Å². The van der Waals surface area contributed by atoms with Crippen LogP contribution in [-0.2, 0) is 9.59 Å². The summed E-state index contributed by atoms with van der Waals surface area (Å²) < 4.78 is 10.5. The molecule has 29 heavy (non-hydrogen) atoms. The number of amides is 1. The first-order valence-corrected chi connectivity index (χ1v) is 9.22. The van der Waals surface area contributed by atoms with Crippen molar-refractivity contribution in [3.8, 4) is 17.2 Å². The number of carbonyl (C=O) groups excluding carboxylic acids is 2. The zero-order valence-corrected chi connectivity index (χ0v) is 16.5. The number of likely N-dealkylation sites (tertiary alicyclic amines) is 1. The third kappa shape index (κ3) is 3.63. The second-order valence-electron chi connectivity index (χ2n) is 6.65. The van der Waals surface area contributed by atoms with E-state index in [0.717, 1.165) is 0 Å². The number of phenols is 1. The number of ether oxygens (including phenoxy) is 2. The van der Waals surface area contributed by atoms with E-state index in [2.05, 4.69) is 0 Å². The number of carbonyl (C=O) groups is 2. The molecule has 0 aliphatic carbocycles. The number of aliphatic hydroxyl groups excluding tert-OH is 1. The zero-order chi connectivity index (χ0) is 21.1. The largest absolute Gasteiger partial charge is 0.508 e. The minimum atomic E-state index is -0.821. The number of hydrogen-bond acceptors (Lipinski definition) is 6. The van der Waals surface area contributed by atoms with E-state index >= 15 is 0 Å². The molecule has 2 N–H and O–H groups in total. The van der Waals surface area contributed by atoms with Gasteiger partial charge in [-0.05, 0) is 42.3 Å². The fourth-order valence-corrected chi connectivity index (χ4v) is 3.54. The average Bonchev–Trinajstić information content (AvgIpc) is 2.98. The minimum absolute atomic E-state index is 0.00328. The smallest absolute Gasteiger partial charge is 0.295 e. The number of hydrogen-bond donors (Lipinski definition) is 2. The van der Waals surface area contributed by atoms with Crippen LogP contribution in [0.1, 0.15) is 30.5 Å². The van der Waals surface area contributed by atoms with Crippen LogP contribution in [0, 0.1) is 0 Å². The number of aromatic hydroxyl groups is 1. The van der Waals surface area contributed by atoms with Gasteiger partial charge in [0.2, 0.25) is 0 Å². The molecule has 0 spiro atoms. The van der Waals surface area contributed by atoms with Gasteiger partial charge in [-0.25, -0.2) is 0 Å². The van der Waals surface area contributed by atoms with Crippen molar-refractivity contribution in [3.63, 3.8) is 0 Å². The van der Waals surface area contributed by atoms with Gasteiger partial charge in [0, 0.05) is 6.54 Å². The van der Waals surface area contributed by atoms with Crippen molar-refractivity contribution in [1.29, 1.82) is 0 Å². The molecule has 1 fully saturated rings. The van der Waals surface area contributed by atoms with Gasteiger partial charge in [-0.2, -0.15) is 0 Å². The first-order chi connectivity index (χ1) is 13.9. The number of benzene rings is 2. The Morgan fingerprint density at radius 3 is 2.48 bits per heavy atom. The predicted molar refractivity (Wildman–Crippen MR) is 107 cm³/mol. The monoisotopic (exact) mass is 397 g/mol. The van der Waals surface area contributed by atoms with Crippen LogP contribution in [0.2, 0.25) is 0 Å². The lowest BCUT2D eigenvalue weighted by Gasteiger charge is -2.25. The molecule has 1 heterocycles. The van der Waals surface area contributed by atoms with Crippen molar-refractivity contribution in [2.75, 3.05) is 20.8 Å². The molecule has 2 aromatic rings. The Bertz CT molecular complexity index is 981. The second kappa shape index (κ2) is 8.26. The van der Waals surface area contributed by atoms with Crippen molar-refractivity contribution < 1.29 is 29.3 Å². The van der Waals surface area contributed by atoms with Gasteiger partial charge < -0.3 is 24.6 Å². The zero-order valence-electron chi connectivity index (χ0n) is 16.5. The van der Waals surface area contributed by atoms with Crippen molar-refractivity contribution in [1.82, 2.24) is 4.90 Å². The molecule has 0 aromatic heterocycles. The Morgan fingerprint density at radius 1 is 1.10 bits per heavy atom. The van der Waals surface area contributed by atoms with Crippen LogP contribution in [0.15, 0.2) is 48.0 Å². The molecule has 0 saturated carbocycles. The highest BCUT2D eigenvalue weighted by atomic mass is 16.5. The van der Waals surface area contributed by atoms with Gasteiger partial charge in [-0.1, -0.05) is 19.1 Å². The highest BCUT2D eigenvalue weighted by Gasteiger charge is 2.46. The Balaban J connectivity index is 2.26. The minimum Gasteiger partial charge on any atom is -0.508 e. The molecule has 3 rings (SSSR count). The first-order valence-electron chi connectivity index (χ1n) is 9.22. The van der Waals surface area contributed by atoms with E-state index in [-0.39, 0.29) is 22.6 Å². The third-order valence-corrected chi connectivity index (χ3v) is 4.85. The summed E-state index contributed by atoms with van der Waals surface area (Å²) in [6.45, 7) is 2.22. The molecule has 1 aliphatic heterocycles. The quantitative estimate of drug-likeness (QED) is 0.441. The van der Waals surface area contributed by atoms with Gasteiger partial charge >= 0.3 is 0 Å². The number of nitrogens with zero attached hydrogens (tertiary/aromatic N) is 1. The maximum atomic E-state index is 12.9. The van der Waals surface area contributed by atoms with Crippen LogP contribution in [0.4, 0.5) is 0 Å². The molecule has 1 saturated heterocycles. The van der Waals surface area contributed by atoms with Crippen LogP contribution in [0.5, 0.6) is 17.2 Å². The molecule has 0 bridgehead atoms. The maximum Gasteiger partial charge on any atom is 0.295 e. The Kier molecular flexibility index (Phi) is 5.77. The summed E-state index contributed by atoms with van der Waals surface area (Å²) in [5.41, 5.74) is 0.716. The first kappa shape index (κ1) is 20.3. The molecule has 1 aliphatic rings. The Hall–Kier alpha value is -3.48. The third-order valence-electron chi connectivity index (χ3n) is 4.85. The van der Waals surface area contributed by atoms with Crippen molar-refractivity contribution in [2.24, 2.45) is 0 Å². The van der Waals surface area contributed by atoms with Crippen molar-refractivity contribution in [2.45, 2.75) is 19.4 Å². The molecule has 2 aromatic carbocycles. The number of ketones is 1. The fraction of sp³-hybridized carbons (Fsp3) is 0.273. The van der Waals surface area contributed by atoms with Gasteiger partial charge in [0.1, 0.15) is 23.0 Å². The summed E-state index contributed by atoms with van der Waals surface area (Å²) in [5.74, 6) is -1.03. The second-order valence-corrected chi connectivity index (χ2v) is 6.65. The van der Waals surface area contributed by atoms with Gasteiger partial charge in [-0.3, -0.25) is 9.59 Å². The highest BCUT2D eigenvalue weighted by Crippen LogP contribution is 2.42. The van der Waals surface area contributed by atoms with E-state index < -0.39 is 17.7 Å². The lowest BCUT2D eigenvalue weighted by atomic mass is 9.94. The summed E-state index contributed by atoms with van der Waals surface area (Å²) in [7, 11) is 2.93. The van der Waals surface area contributed by atoms with E-state index in [1.54, 1.807) is 30.3 Å². The topological polar surface area (TPSA) is 96.3 Å². The van der Waals surface area contributed by atoms with Gasteiger partial charge in [0.05, 0.1) is 31.4 Å². The maximum absolute atomic E-state index is 12.9. The van der Waals surface area contributed by atoms with E-state index in [9.17, 15) is 19.8 Å². The summed E-state index contributed by atoms with van der Waals surface area (Å²) in [6.07, 6.45) is 0.630. The van der Waals surface area contributed by atoms with Crippen LogP contribution in [0.25, 0.3) is 5.76 Å². The molecular formula is C22H23NO6. The molecule has 152 valence electrons. The van der Waals surface area contributed by atoms with E-state index in [1.807, 2.05) is 6.92 Å². The molecule has 0 radical (unpaired) electrons. The molecule has 1 atom stereocenters. The lowest BCUT2D eigenvalue weighted by Crippen LogP contribution is -2.30.